The lowest BCUT2D eigenvalue weighted by Gasteiger charge is -2.22. The first-order valence-electron chi connectivity index (χ1n) is 4.95. The largest absolute Gasteiger partial charge is 0.322 e. The minimum absolute atomic E-state index is 0.236. The molecule has 1 heteroatoms. The fraction of sp³-hybridized carbons (Fsp3) is 0.385. The van der Waals surface area contributed by atoms with Gasteiger partial charge in [0.15, 0.2) is 0 Å². The number of benzene rings is 1. The van der Waals surface area contributed by atoms with Gasteiger partial charge in [0.1, 0.15) is 0 Å². The van der Waals surface area contributed by atoms with Crippen LogP contribution in [0.2, 0.25) is 0 Å². The molecule has 0 spiro atoms. The number of allylic oxidation sites excluding steroid dienone is 1. The highest BCUT2D eigenvalue weighted by atomic mass is 14.7. The Labute approximate surface area is 86.6 Å². The Morgan fingerprint density at radius 3 is 2.00 bits per heavy atom. The Morgan fingerprint density at radius 1 is 1.07 bits per heavy atom. The topological polar surface area (TPSA) is 26.0 Å². The first kappa shape index (κ1) is 11.0. The molecule has 0 aliphatic heterocycles. The second kappa shape index (κ2) is 3.97. The molecule has 0 bridgehead atoms. The fourth-order valence-corrected chi connectivity index (χ4v) is 1.39. The van der Waals surface area contributed by atoms with Gasteiger partial charge in [0, 0.05) is 5.54 Å². The molecule has 0 heterocycles. The minimum atomic E-state index is -0.236. The summed E-state index contributed by atoms with van der Waals surface area (Å²) in [5, 5.41) is 0. The third kappa shape index (κ3) is 2.46. The first-order chi connectivity index (χ1) is 6.43. The molecule has 1 nitrogen and oxygen atoms in total. The van der Waals surface area contributed by atoms with Gasteiger partial charge >= 0.3 is 0 Å². The van der Waals surface area contributed by atoms with Gasteiger partial charge < -0.3 is 5.73 Å². The smallest absolute Gasteiger partial charge is 0.0314 e. The van der Waals surface area contributed by atoms with E-state index in [1.807, 2.05) is 19.9 Å². The van der Waals surface area contributed by atoms with Crippen molar-refractivity contribution in [2.24, 2.45) is 5.73 Å². The predicted octanol–water partition coefficient (Wildman–Crippen LogP) is 3.22. The number of hydrogen-bond acceptors (Lipinski definition) is 1. The van der Waals surface area contributed by atoms with Crippen LogP contribution in [0.1, 0.15) is 33.3 Å². The molecule has 2 N–H and O–H groups in total. The SMILES string of the molecule is CC(=C(C)C(C)(C)N)c1ccccc1. The second-order valence-electron chi connectivity index (χ2n) is 4.34. The van der Waals surface area contributed by atoms with E-state index in [-0.39, 0.29) is 5.54 Å². The zero-order valence-electron chi connectivity index (χ0n) is 9.46. The first-order valence-corrected chi connectivity index (χ1v) is 4.95. The van der Waals surface area contributed by atoms with Crippen LogP contribution in [0.15, 0.2) is 35.9 Å². The summed E-state index contributed by atoms with van der Waals surface area (Å²) in [5.74, 6) is 0. The Hall–Kier alpha value is -1.08. The molecule has 1 rings (SSSR count). The van der Waals surface area contributed by atoms with Gasteiger partial charge in [-0.25, -0.2) is 0 Å². The van der Waals surface area contributed by atoms with Crippen molar-refractivity contribution < 1.29 is 0 Å². The lowest BCUT2D eigenvalue weighted by atomic mass is 9.90. The van der Waals surface area contributed by atoms with Crippen molar-refractivity contribution in [3.05, 3.63) is 41.5 Å². The maximum Gasteiger partial charge on any atom is 0.0314 e. The monoisotopic (exact) mass is 189 g/mol. The van der Waals surface area contributed by atoms with Crippen molar-refractivity contribution >= 4 is 5.57 Å². The van der Waals surface area contributed by atoms with Gasteiger partial charge in [-0.3, -0.25) is 0 Å². The van der Waals surface area contributed by atoms with Crippen molar-refractivity contribution in [1.29, 1.82) is 0 Å². The van der Waals surface area contributed by atoms with Gasteiger partial charge in [-0.2, -0.15) is 0 Å². The molecule has 1 aromatic carbocycles. The van der Waals surface area contributed by atoms with E-state index in [9.17, 15) is 0 Å². The van der Waals surface area contributed by atoms with Crippen molar-refractivity contribution in [2.45, 2.75) is 33.2 Å². The van der Waals surface area contributed by atoms with Crippen LogP contribution >= 0.6 is 0 Å². The molecular weight excluding hydrogens is 170 g/mol. The van der Waals surface area contributed by atoms with E-state index >= 15 is 0 Å². The molecule has 0 fully saturated rings. The number of hydrogen-bond donors (Lipinski definition) is 1. The molecule has 14 heavy (non-hydrogen) atoms. The predicted molar refractivity (Wildman–Crippen MR) is 63.0 cm³/mol. The maximum absolute atomic E-state index is 6.06. The summed E-state index contributed by atoms with van der Waals surface area (Å²) in [7, 11) is 0. The van der Waals surface area contributed by atoms with Gasteiger partial charge in [0.2, 0.25) is 0 Å². The summed E-state index contributed by atoms with van der Waals surface area (Å²) in [6.07, 6.45) is 0. The van der Waals surface area contributed by atoms with Crippen LogP contribution in [0.25, 0.3) is 5.57 Å². The highest BCUT2D eigenvalue weighted by Crippen LogP contribution is 2.23. The van der Waals surface area contributed by atoms with Crippen LogP contribution in [-0.2, 0) is 0 Å². The van der Waals surface area contributed by atoms with Gasteiger partial charge in [0.05, 0.1) is 0 Å². The van der Waals surface area contributed by atoms with E-state index in [2.05, 4.69) is 38.1 Å². The van der Waals surface area contributed by atoms with E-state index in [0.717, 1.165) is 0 Å². The molecule has 0 aliphatic rings. The van der Waals surface area contributed by atoms with Crippen LogP contribution in [0.3, 0.4) is 0 Å². The van der Waals surface area contributed by atoms with Crippen LogP contribution in [0, 0.1) is 0 Å². The lowest BCUT2D eigenvalue weighted by molar-refractivity contribution is 0.613. The average molecular weight is 189 g/mol. The quantitative estimate of drug-likeness (QED) is 0.759. The summed E-state index contributed by atoms with van der Waals surface area (Å²) in [6.45, 7) is 8.30. The Bertz CT molecular complexity index is 328. The molecule has 1 aromatic rings. The van der Waals surface area contributed by atoms with Gasteiger partial charge in [0.25, 0.3) is 0 Å². The molecule has 0 amide bonds. The molecule has 76 valence electrons. The highest BCUT2D eigenvalue weighted by molar-refractivity contribution is 5.68. The van der Waals surface area contributed by atoms with Crippen LogP contribution in [0.4, 0.5) is 0 Å². The summed E-state index contributed by atoms with van der Waals surface area (Å²) in [4.78, 5) is 0. The number of rotatable bonds is 2. The molecule has 0 radical (unpaired) electrons. The molecular formula is C13H19N. The van der Waals surface area contributed by atoms with E-state index in [4.69, 9.17) is 5.73 Å². The third-order valence-corrected chi connectivity index (χ3v) is 2.74. The van der Waals surface area contributed by atoms with Crippen LogP contribution in [-0.4, -0.2) is 5.54 Å². The van der Waals surface area contributed by atoms with E-state index < -0.39 is 0 Å². The standard InChI is InChI=1S/C13H19N/c1-10(11(2)13(3,4)14)12-8-6-5-7-9-12/h5-9H,14H2,1-4H3. The molecule has 0 aliphatic carbocycles. The molecule has 0 atom stereocenters. The zero-order valence-corrected chi connectivity index (χ0v) is 9.46. The van der Waals surface area contributed by atoms with Gasteiger partial charge in [-0.05, 0) is 38.8 Å². The molecule has 0 aromatic heterocycles. The lowest BCUT2D eigenvalue weighted by Crippen LogP contribution is -2.33. The number of nitrogens with two attached hydrogens (primary N) is 1. The van der Waals surface area contributed by atoms with E-state index in [1.54, 1.807) is 0 Å². The highest BCUT2D eigenvalue weighted by Gasteiger charge is 2.15. The van der Waals surface area contributed by atoms with Crippen molar-refractivity contribution in [3.8, 4) is 0 Å². The van der Waals surface area contributed by atoms with Crippen molar-refractivity contribution in [2.75, 3.05) is 0 Å². The Balaban J connectivity index is 3.12. The summed E-state index contributed by atoms with van der Waals surface area (Å²) in [5.41, 5.74) is 9.59. The third-order valence-electron chi connectivity index (χ3n) is 2.74. The van der Waals surface area contributed by atoms with Crippen LogP contribution < -0.4 is 5.73 Å². The molecule has 0 saturated carbocycles. The van der Waals surface area contributed by atoms with Crippen molar-refractivity contribution in [3.63, 3.8) is 0 Å². The normalized spacial score (nSPS) is 13.8. The Kier molecular flexibility index (Phi) is 3.12. The zero-order chi connectivity index (χ0) is 10.8. The fourth-order valence-electron chi connectivity index (χ4n) is 1.39. The van der Waals surface area contributed by atoms with Crippen LogP contribution in [0.5, 0.6) is 0 Å². The van der Waals surface area contributed by atoms with E-state index in [0.29, 0.717) is 0 Å². The summed E-state index contributed by atoms with van der Waals surface area (Å²) < 4.78 is 0. The van der Waals surface area contributed by atoms with E-state index in [1.165, 1.54) is 16.7 Å². The Morgan fingerprint density at radius 2 is 1.57 bits per heavy atom. The molecule has 0 saturated heterocycles. The maximum atomic E-state index is 6.06. The van der Waals surface area contributed by atoms with Gasteiger partial charge in [-0.15, -0.1) is 0 Å². The molecule has 0 unspecified atom stereocenters. The van der Waals surface area contributed by atoms with Gasteiger partial charge in [-0.1, -0.05) is 35.9 Å². The summed E-state index contributed by atoms with van der Waals surface area (Å²) in [6, 6.07) is 10.4. The summed E-state index contributed by atoms with van der Waals surface area (Å²) >= 11 is 0. The second-order valence-corrected chi connectivity index (χ2v) is 4.34. The average Bonchev–Trinajstić information content (AvgIpc) is 2.15. The minimum Gasteiger partial charge on any atom is -0.322 e. The van der Waals surface area contributed by atoms with Crippen molar-refractivity contribution in [1.82, 2.24) is 0 Å².